The van der Waals surface area contributed by atoms with Crippen LogP contribution in [0.5, 0.6) is 0 Å². The Hall–Kier alpha value is -2.40. The Balaban J connectivity index is 1.96. The van der Waals surface area contributed by atoms with E-state index < -0.39 is 0 Å². The second-order valence-electron chi connectivity index (χ2n) is 7.74. The summed E-state index contributed by atoms with van der Waals surface area (Å²) in [5.74, 6) is 0.0664. The first kappa shape index (κ1) is 19.4. The summed E-state index contributed by atoms with van der Waals surface area (Å²) >= 11 is 0. The predicted molar refractivity (Wildman–Crippen MR) is 106 cm³/mol. The van der Waals surface area contributed by atoms with Crippen LogP contribution in [-0.2, 0) is 11.8 Å². The molecular formula is C22H28N2O3. The molecule has 2 heterocycles. The van der Waals surface area contributed by atoms with Crippen molar-refractivity contribution in [1.29, 1.82) is 0 Å². The number of aromatic nitrogens is 1. The van der Waals surface area contributed by atoms with Gasteiger partial charge in [-0.25, -0.2) is 0 Å². The molecule has 1 aromatic heterocycles. The smallest absolute Gasteiger partial charge is 0.263 e. The van der Waals surface area contributed by atoms with Crippen LogP contribution in [0.4, 0.5) is 0 Å². The monoisotopic (exact) mass is 368 g/mol. The molecule has 144 valence electrons. The summed E-state index contributed by atoms with van der Waals surface area (Å²) in [4.78, 5) is 27.8. The first-order valence-corrected chi connectivity index (χ1v) is 9.46. The highest BCUT2D eigenvalue weighted by Crippen LogP contribution is 2.29. The molecule has 1 aromatic carbocycles. The predicted octanol–water partition coefficient (Wildman–Crippen LogP) is 3.24. The minimum absolute atomic E-state index is 0.0671. The average molecular weight is 368 g/mol. The number of nitrogens with zero attached hydrogens (tertiary/aromatic N) is 2. The van der Waals surface area contributed by atoms with Crippen molar-refractivity contribution in [3.8, 4) is 0 Å². The standard InChI is InChI=1S/C22H28N2O3/c1-14(2)18-12-24(13-19(27-18)17-9-7-6-8-10-17)22(26)20-15(3)11-16(4)23(5)21(20)25/h6-11,14,18-19H,12-13H2,1-5H3/t18-,19+/m1/s1. The quantitative estimate of drug-likeness (QED) is 0.836. The minimum Gasteiger partial charge on any atom is -0.366 e. The Morgan fingerprint density at radius 3 is 2.44 bits per heavy atom. The molecule has 0 radical (unpaired) electrons. The van der Waals surface area contributed by atoms with E-state index in [1.165, 1.54) is 4.57 Å². The van der Waals surface area contributed by atoms with Gasteiger partial charge >= 0.3 is 0 Å². The topological polar surface area (TPSA) is 51.5 Å². The van der Waals surface area contributed by atoms with Crippen molar-refractivity contribution < 1.29 is 9.53 Å². The molecule has 0 unspecified atom stereocenters. The van der Waals surface area contributed by atoms with E-state index in [0.717, 1.165) is 16.8 Å². The second-order valence-corrected chi connectivity index (χ2v) is 7.74. The van der Waals surface area contributed by atoms with Gasteiger partial charge in [-0.3, -0.25) is 9.59 Å². The zero-order valence-electron chi connectivity index (χ0n) is 16.7. The summed E-state index contributed by atoms with van der Waals surface area (Å²) in [7, 11) is 1.71. The highest BCUT2D eigenvalue weighted by molar-refractivity contribution is 5.95. The third kappa shape index (κ3) is 3.83. The number of hydrogen-bond donors (Lipinski definition) is 0. The Bertz CT molecular complexity index is 886. The van der Waals surface area contributed by atoms with Gasteiger partial charge in [0, 0.05) is 19.3 Å². The Morgan fingerprint density at radius 1 is 1.15 bits per heavy atom. The van der Waals surface area contributed by atoms with Crippen molar-refractivity contribution in [2.45, 2.75) is 39.9 Å². The largest absolute Gasteiger partial charge is 0.366 e. The van der Waals surface area contributed by atoms with Gasteiger partial charge in [0.2, 0.25) is 0 Å². The number of ether oxygens (including phenoxy) is 1. The fourth-order valence-corrected chi connectivity index (χ4v) is 3.57. The van der Waals surface area contributed by atoms with Crippen LogP contribution >= 0.6 is 0 Å². The Morgan fingerprint density at radius 2 is 1.81 bits per heavy atom. The maximum absolute atomic E-state index is 13.3. The van der Waals surface area contributed by atoms with Crippen LogP contribution in [0.25, 0.3) is 0 Å². The highest BCUT2D eigenvalue weighted by atomic mass is 16.5. The fraction of sp³-hybridized carbons (Fsp3) is 0.455. The molecule has 5 heteroatoms. The lowest BCUT2D eigenvalue weighted by Crippen LogP contribution is -2.50. The van der Waals surface area contributed by atoms with E-state index in [-0.39, 0.29) is 35.2 Å². The third-order valence-corrected chi connectivity index (χ3v) is 5.41. The molecule has 1 fully saturated rings. The van der Waals surface area contributed by atoms with E-state index in [9.17, 15) is 9.59 Å². The van der Waals surface area contributed by atoms with Crippen molar-refractivity contribution in [1.82, 2.24) is 9.47 Å². The van der Waals surface area contributed by atoms with Crippen LogP contribution in [0.15, 0.2) is 41.2 Å². The summed E-state index contributed by atoms with van der Waals surface area (Å²) in [6.07, 6.45) is -0.256. The van der Waals surface area contributed by atoms with Crippen molar-refractivity contribution in [3.05, 3.63) is 69.1 Å². The van der Waals surface area contributed by atoms with Crippen molar-refractivity contribution >= 4 is 5.91 Å². The molecule has 0 spiro atoms. The van der Waals surface area contributed by atoms with Crippen LogP contribution < -0.4 is 5.56 Å². The van der Waals surface area contributed by atoms with Crippen LogP contribution in [0.2, 0.25) is 0 Å². The van der Waals surface area contributed by atoms with Crippen LogP contribution in [-0.4, -0.2) is 34.6 Å². The summed E-state index contributed by atoms with van der Waals surface area (Å²) in [6, 6.07) is 11.9. The summed E-state index contributed by atoms with van der Waals surface area (Å²) < 4.78 is 7.81. The number of rotatable bonds is 3. The Labute approximate surface area is 160 Å². The number of benzene rings is 1. The van der Waals surface area contributed by atoms with E-state index in [0.29, 0.717) is 13.1 Å². The lowest BCUT2D eigenvalue weighted by Gasteiger charge is -2.40. The molecule has 5 nitrogen and oxygen atoms in total. The number of amides is 1. The molecule has 0 bridgehead atoms. The van der Waals surface area contributed by atoms with Crippen LogP contribution in [0, 0.1) is 19.8 Å². The Kier molecular flexibility index (Phi) is 5.51. The average Bonchev–Trinajstić information content (AvgIpc) is 2.66. The molecule has 27 heavy (non-hydrogen) atoms. The van der Waals surface area contributed by atoms with Crippen molar-refractivity contribution in [2.24, 2.45) is 13.0 Å². The number of carbonyl (C=O) groups is 1. The molecular weight excluding hydrogens is 340 g/mol. The van der Waals surface area contributed by atoms with Gasteiger partial charge in [-0.15, -0.1) is 0 Å². The van der Waals surface area contributed by atoms with Gasteiger partial charge in [0.25, 0.3) is 11.5 Å². The van der Waals surface area contributed by atoms with Crippen LogP contribution in [0.1, 0.15) is 47.1 Å². The molecule has 1 saturated heterocycles. The fourth-order valence-electron chi connectivity index (χ4n) is 3.57. The van der Waals surface area contributed by atoms with Crippen LogP contribution in [0.3, 0.4) is 0 Å². The molecule has 0 N–H and O–H groups in total. The van der Waals surface area contributed by atoms with Gasteiger partial charge in [-0.05, 0) is 37.0 Å². The molecule has 2 atom stereocenters. The number of carbonyl (C=O) groups excluding carboxylic acids is 1. The molecule has 3 rings (SSSR count). The van der Waals surface area contributed by atoms with Crippen molar-refractivity contribution in [3.63, 3.8) is 0 Å². The van der Waals surface area contributed by atoms with Gasteiger partial charge < -0.3 is 14.2 Å². The SMILES string of the molecule is Cc1cc(C)n(C)c(=O)c1C(=O)N1C[C@@H](c2ccccc2)O[C@@H](C(C)C)C1. The number of morpholine rings is 1. The first-order valence-electron chi connectivity index (χ1n) is 9.46. The summed E-state index contributed by atoms with van der Waals surface area (Å²) in [5, 5.41) is 0. The molecule has 0 saturated carbocycles. The number of hydrogen-bond acceptors (Lipinski definition) is 3. The van der Waals surface area contributed by atoms with Crippen molar-refractivity contribution in [2.75, 3.05) is 13.1 Å². The lowest BCUT2D eigenvalue weighted by molar-refractivity contribution is -0.0955. The zero-order chi connectivity index (χ0) is 19.7. The van der Waals surface area contributed by atoms with E-state index in [1.54, 1.807) is 11.9 Å². The maximum atomic E-state index is 13.3. The minimum atomic E-state index is -0.235. The van der Waals surface area contributed by atoms with E-state index in [1.807, 2.05) is 50.2 Å². The van der Waals surface area contributed by atoms with Gasteiger partial charge in [0.05, 0.1) is 12.6 Å². The summed E-state index contributed by atoms with van der Waals surface area (Å²) in [6.45, 7) is 8.83. The molecule has 2 aromatic rings. The molecule has 1 aliphatic rings. The molecule has 0 aliphatic carbocycles. The molecule has 1 aliphatic heterocycles. The highest BCUT2D eigenvalue weighted by Gasteiger charge is 2.34. The molecule has 1 amide bonds. The van der Waals surface area contributed by atoms with E-state index >= 15 is 0 Å². The van der Waals surface area contributed by atoms with Gasteiger partial charge in [-0.2, -0.15) is 0 Å². The van der Waals surface area contributed by atoms with Gasteiger partial charge in [-0.1, -0.05) is 44.2 Å². The second kappa shape index (κ2) is 7.69. The van der Waals surface area contributed by atoms with Gasteiger partial charge in [0.1, 0.15) is 11.7 Å². The first-order chi connectivity index (χ1) is 12.8. The lowest BCUT2D eigenvalue weighted by atomic mass is 10.00. The maximum Gasteiger partial charge on any atom is 0.263 e. The zero-order valence-corrected chi connectivity index (χ0v) is 16.7. The number of aryl methyl sites for hydroxylation is 2. The third-order valence-electron chi connectivity index (χ3n) is 5.41. The van der Waals surface area contributed by atoms with E-state index in [4.69, 9.17) is 4.74 Å². The number of pyridine rings is 1. The normalized spacial score (nSPS) is 20.1. The summed E-state index contributed by atoms with van der Waals surface area (Å²) in [5.41, 5.74) is 2.65. The van der Waals surface area contributed by atoms with Gasteiger partial charge in [0.15, 0.2) is 0 Å². The van der Waals surface area contributed by atoms with E-state index in [2.05, 4.69) is 13.8 Å².